The Hall–Kier alpha value is -6.25. The van der Waals surface area contributed by atoms with Crippen molar-refractivity contribution in [2.24, 2.45) is 0 Å². The lowest BCUT2D eigenvalue weighted by atomic mass is 10.0. The van der Waals surface area contributed by atoms with E-state index in [1.165, 1.54) is 110 Å². The highest BCUT2D eigenvalue weighted by molar-refractivity contribution is 6.97. The van der Waals surface area contributed by atoms with Crippen molar-refractivity contribution in [2.45, 2.75) is 39.0 Å². The monoisotopic (exact) mass is 792 g/mol. The molecule has 0 saturated carbocycles. The van der Waals surface area contributed by atoms with Gasteiger partial charge in [0.15, 0.2) is 0 Å². The Labute approximate surface area is 347 Å². The third-order valence-electron chi connectivity index (χ3n) is 13.3. The zero-order valence-electron chi connectivity index (χ0n) is 33.9. The van der Waals surface area contributed by atoms with E-state index in [0.29, 0.717) is 0 Å². The number of aromatic nitrogens is 2. The maximum Gasteiger partial charge on any atom is 0.206 e. The van der Waals surface area contributed by atoms with Gasteiger partial charge in [0.05, 0.1) is 22.1 Å². The lowest BCUT2D eigenvalue weighted by Gasteiger charge is -2.35. The van der Waals surface area contributed by atoms with Crippen molar-refractivity contribution in [3.63, 3.8) is 0 Å². The third kappa shape index (κ3) is 5.28. The van der Waals surface area contributed by atoms with Gasteiger partial charge in [0.2, 0.25) is 16.6 Å². The van der Waals surface area contributed by atoms with Crippen LogP contribution in [0.4, 0.5) is 0 Å². The topological polar surface area (TPSA) is 19.1 Å². The van der Waals surface area contributed by atoms with Gasteiger partial charge in [0, 0.05) is 32.9 Å². The smallest absolute Gasteiger partial charge is 0.206 e. The summed E-state index contributed by atoms with van der Waals surface area (Å²) < 4.78 is 12.4. The Morgan fingerprint density at radius 3 is 1.02 bits per heavy atom. The minimum atomic E-state index is -2.34. The molecule has 0 unspecified atom stereocenters. The zero-order chi connectivity index (χ0) is 39.6. The highest BCUT2D eigenvalue weighted by atomic mass is 28.4. The van der Waals surface area contributed by atoms with E-state index in [9.17, 15) is 0 Å². The molecule has 2 aromatic heterocycles. The van der Waals surface area contributed by atoms with Gasteiger partial charge in [0.1, 0.15) is 0 Å². The fourth-order valence-electron chi connectivity index (χ4n) is 10.5. The van der Waals surface area contributed by atoms with E-state index in [1.807, 2.05) is 0 Å². The molecule has 0 aliphatic heterocycles. The summed E-state index contributed by atoms with van der Waals surface area (Å²) in [7, 11) is -4.69. The summed E-state index contributed by atoms with van der Waals surface area (Å²) in [5, 5.41) is 7.88. The van der Waals surface area contributed by atoms with Gasteiger partial charge in [-0.2, -0.15) is 0 Å². The van der Waals surface area contributed by atoms with Gasteiger partial charge in [-0.05, 0) is 142 Å². The lowest BCUT2D eigenvalue weighted by Crippen LogP contribution is -2.57. The van der Waals surface area contributed by atoms with Crippen LogP contribution >= 0.6 is 0 Å². The molecule has 2 aliphatic rings. The number of rotatable bonds is 6. The molecule has 0 fully saturated rings. The molecule has 0 radical (unpaired) electrons. The predicted molar refractivity (Wildman–Crippen MR) is 253 cm³/mol. The molecule has 3 nitrogen and oxygen atoms in total. The van der Waals surface area contributed by atoms with Crippen molar-refractivity contribution in [1.82, 2.24) is 9.13 Å². The first-order valence-electron chi connectivity index (χ1n) is 20.9. The minimum Gasteiger partial charge on any atom is -0.449 e. The number of para-hydroxylation sites is 4. The first kappa shape index (κ1) is 34.8. The molecule has 0 amide bonds. The van der Waals surface area contributed by atoms with E-state index in [1.54, 1.807) is 0 Å². The number of nitrogens with zero attached hydrogens (tertiary/aromatic N) is 2. The van der Waals surface area contributed by atoms with Crippen molar-refractivity contribution in [2.75, 3.05) is 0 Å². The fourth-order valence-corrected chi connectivity index (χ4v) is 18.5. The molecule has 0 atom stereocenters. The van der Waals surface area contributed by atoms with Crippen LogP contribution in [0.2, 0.25) is 26.2 Å². The van der Waals surface area contributed by atoms with Crippen LogP contribution in [-0.2, 0) is 17.0 Å². The third-order valence-corrected chi connectivity index (χ3v) is 20.8. The second kappa shape index (κ2) is 12.6. The van der Waals surface area contributed by atoms with Gasteiger partial charge in [-0.15, -0.1) is 0 Å². The van der Waals surface area contributed by atoms with Crippen LogP contribution in [0.25, 0.3) is 77.2 Å². The number of fused-ring (bicyclic) bond motifs is 12. The molecular weight excluding hydrogens is 749 g/mol. The van der Waals surface area contributed by atoms with Gasteiger partial charge in [-0.25, -0.2) is 0 Å². The molecule has 5 heteroatoms. The minimum absolute atomic E-state index is 0.969. The second-order valence-corrected chi connectivity index (χ2v) is 25.7. The Morgan fingerprint density at radius 1 is 0.356 bits per heavy atom. The molecule has 8 aromatic carbocycles. The maximum atomic E-state index is 7.52. The van der Waals surface area contributed by atoms with Crippen molar-refractivity contribution in [1.29, 1.82) is 0 Å². The summed E-state index contributed by atoms with van der Waals surface area (Å²) in [4.78, 5) is 0. The molecule has 59 heavy (non-hydrogen) atoms. The molecule has 0 N–H and O–H groups in total. The molecule has 10 aromatic rings. The average Bonchev–Trinajstić information content (AvgIpc) is 4.00. The largest absolute Gasteiger partial charge is 0.449 e. The summed E-state index contributed by atoms with van der Waals surface area (Å²) in [6, 6.07) is 63.7. The summed E-state index contributed by atoms with van der Waals surface area (Å²) in [5.41, 5.74) is 18.4. The highest BCUT2D eigenvalue weighted by Gasteiger charge is 2.38. The van der Waals surface area contributed by atoms with Crippen molar-refractivity contribution in [3.05, 3.63) is 192 Å². The number of benzene rings is 8. The number of hydrogen-bond acceptors (Lipinski definition) is 1. The van der Waals surface area contributed by atoms with E-state index in [2.05, 4.69) is 205 Å². The molecule has 0 bridgehead atoms. The summed E-state index contributed by atoms with van der Waals surface area (Å²) in [5.74, 6) is 0. The van der Waals surface area contributed by atoms with Gasteiger partial charge in [-0.1, -0.05) is 121 Å². The average molecular weight is 793 g/mol. The normalized spacial score (nSPS) is 13.4. The van der Waals surface area contributed by atoms with Crippen molar-refractivity contribution < 1.29 is 4.12 Å². The SMILES string of the molecule is C[Si](C)(O[Si](C)(C)c1ccc2c(c1)-c1cc(-n3c4ccccc4c4ccccc43)ccc1C2)c1ccc2c(c1)-c1cc(-n3c4ccccc4c4ccccc43)ccc1C2. The first-order chi connectivity index (χ1) is 28.7. The van der Waals surface area contributed by atoms with Crippen LogP contribution in [0.15, 0.2) is 170 Å². The summed E-state index contributed by atoms with van der Waals surface area (Å²) in [6.07, 6.45) is 1.94. The molecule has 2 heterocycles. The first-order valence-corrected chi connectivity index (χ1v) is 26.7. The lowest BCUT2D eigenvalue weighted by molar-refractivity contribution is 0.573. The molecule has 0 saturated heterocycles. The fraction of sp³-hybridized carbons (Fsp3) is 0.111. The van der Waals surface area contributed by atoms with Crippen LogP contribution in [-0.4, -0.2) is 25.8 Å². The Balaban J connectivity index is 0.877. The Morgan fingerprint density at radius 2 is 0.661 bits per heavy atom. The summed E-state index contributed by atoms with van der Waals surface area (Å²) >= 11 is 0. The van der Waals surface area contributed by atoms with Gasteiger partial charge < -0.3 is 13.2 Å². The second-order valence-electron chi connectivity index (χ2n) is 17.6. The zero-order valence-corrected chi connectivity index (χ0v) is 35.9. The molecule has 0 spiro atoms. The van der Waals surface area contributed by atoms with Crippen molar-refractivity contribution >= 4 is 70.6 Å². The summed E-state index contributed by atoms with van der Waals surface area (Å²) in [6.45, 7) is 9.59. The van der Waals surface area contributed by atoms with Gasteiger partial charge in [-0.3, -0.25) is 0 Å². The number of hydrogen-bond donors (Lipinski definition) is 0. The molecule has 2 aliphatic carbocycles. The van der Waals surface area contributed by atoms with Crippen LogP contribution < -0.4 is 10.4 Å². The van der Waals surface area contributed by atoms with Crippen LogP contribution in [0.1, 0.15) is 22.3 Å². The Bertz CT molecular complexity index is 3050. The molecule has 12 rings (SSSR count). The van der Waals surface area contributed by atoms with E-state index < -0.39 is 16.6 Å². The van der Waals surface area contributed by atoms with E-state index in [4.69, 9.17) is 4.12 Å². The molecular formula is C54H44N2OSi2. The van der Waals surface area contributed by atoms with E-state index in [-0.39, 0.29) is 0 Å². The van der Waals surface area contributed by atoms with E-state index >= 15 is 0 Å². The van der Waals surface area contributed by atoms with Crippen LogP contribution in [0.3, 0.4) is 0 Å². The Kier molecular flexibility index (Phi) is 7.44. The van der Waals surface area contributed by atoms with Crippen LogP contribution in [0.5, 0.6) is 0 Å². The standard InChI is InChI=1S/C54H44N2OSi2/c1-58(2,41-27-23-37-29-35-21-25-39(31-47(35)49(37)33-41)55-51-17-9-5-13-43(51)44-14-6-10-18-52(44)55)57-59(3,4)42-28-24-38-30-36-22-26-40(32-48(36)50(38)34-42)56-53-19-11-7-15-45(53)46-16-8-12-20-54(46)56/h5-28,31-34H,29-30H2,1-4H3. The van der Waals surface area contributed by atoms with Crippen LogP contribution in [0, 0.1) is 0 Å². The predicted octanol–water partition coefficient (Wildman–Crippen LogP) is 12.6. The van der Waals surface area contributed by atoms with Gasteiger partial charge in [0.25, 0.3) is 0 Å². The van der Waals surface area contributed by atoms with Gasteiger partial charge >= 0.3 is 0 Å². The highest BCUT2D eigenvalue weighted by Crippen LogP contribution is 2.42. The maximum absolute atomic E-state index is 7.52. The van der Waals surface area contributed by atoms with E-state index in [0.717, 1.165) is 12.8 Å². The quantitative estimate of drug-likeness (QED) is 0.154. The van der Waals surface area contributed by atoms with Crippen molar-refractivity contribution in [3.8, 4) is 33.6 Å². The molecule has 284 valence electrons.